The Balaban J connectivity index is 0.00000264. The van der Waals surface area contributed by atoms with Gasteiger partial charge in [-0.1, -0.05) is 0 Å². The maximum absolute atomic E-state index is 13.1. The molecule has 242 valence electrons. The van der Waals surface area contributed by atoms with Crippen molar-refractivity contribution in [3.63, 3.8) is 0 Å². The molecule has 2 saturated heterocycles. The van der Waals surface area contributed by atoms with Crippen molar-refractivity contribution in [1.29, 1.82) is 0 Å². The summed E-state index contributed by atoms with van der Waals surface area (Å²) in [6, 6.07) is 11.4. The van der Waals surface area contributed by atoms with Crippen LogP contribution in [0.2, 0.25) is 0 Å². The van der Waals surface area contributed by atoms with Crippen LogP contribution in [0.4, 0.5) is 20.2 Å². The molecule has 44 heavy (non-hydrogen) atoms. The van der Waals surface area contributed by atoms with Gasteiger partial charge in [0.05, 0.1) is 19.9 Å². The van der Waals surface area contributed by atoms with E-state index in [0.717, 1.165) is 45.4 Å². The van der Waals surface area contributed by atoms with Gasteiger partial charge in [-0.05, 0) is 79.6 Å². The van der Waals surface area contributed by atoms with Gasteiger partial charge in [0.2, 0.25) is 5.91 Å². The second-order valence-electron chi connectivity index (χ2n) is 11.4. The van der Waals surface area contributed by atoms with E-state index in [-0.39, 0.29) is 48.1 Å². The van der Waals surface area contributed by atoms with Gasteiger partial charge in [0, 0.05) is 17.9 Å². The number of hydrogen-bond acceptors (Lipinski definition) is 6. The molecule has 14 heteroatoms. The molecule has 10 nitrogen and oxygen atoms in total. The number of anilines is 2. The van der Waals surface area contributed by atoms with Crippen LogP contribution >= 0.6 is 0 Å². The summed E-state index contributed by atoms with van der Waals surface area (Å²) in [6.45, 7) is 2.71. The van der Waals surface area contributed by atoms with Gasteiger partial charge in [-0.2, -0.15) is 13.9 Å². The molecule has 2 aliphatic heterocycles. The van der Waals surface area contributed by atoms with Gasteiger partial charge in [-0.25, -0.2) is 0 Å². The summed E-state index contributed by atoms with van der Waals surface area (Å²) in [7, 11) is 2.17. The number of nitrogens with one attached hydrogen (secondary N) is 4. The van der Waals surface area contributed by atoms with Crippen molar-refractivity contribution in [3.8, 4) is 11.5 Å². The molecule has 2 amide bonds. The molecule has 0 bridgehead atoms. The van der Waals surface area contributed by atoms with Crippen molar-refractivity contribution in [3.05, 3.63) is 48.0 Å². The molecule has 1 aliphatic carbocycles. The molecule has 2 aromatic carbocycles. The first kappa shape index (κ1) is 35.3. The van der Waals surface area contributed by atoms with Crippen molar-refractivity contribution in [1.82, 2.24) is 5.01 Å². The molecule has 5 rings (SSSR count). The summed E-state index contributed by atoms with van der Waals surface area (Å²) < 4.78 is 36.0. The number of alkyl halides is 2. The number of carbonyl (C=O) groups excluding carboxylic acids is 2. The Morgan fingerprint density at radius 2 is 1.68 bits per heavy atom. The number of carbonyl (C=O) groups is 2. The van der Waals surface area contributed by atoms with Crippen LogP contribution in [0.15, 0.2) is 47.6 Å². The fraction of sp³-hybridized carbons (Fsp3) is 0.500. The summed E-state index contributed by atoms with van der Waals surface area (Å²) in [4.78, 5) is 28.4. The maximum Gasteiger partial charge on any atom is 0.387 e. The van der Waals surface area contributed by atoms with Gasteiger partial charge in [0.25, 0.3) is 5.91 Å². The van der Waals surface area contributed by atoms with Crippen molar-refractivity contribution in [2.45, 2.75) is 38.3 Å². The fourth-order valence-electron chi connectivity index (χ4n) is 5.20. The summed E-state index contributed by atoms with van der Waals surface area (Å²) in [5.74, 6) is 0.510. The standard InChI is InChI=1S/C30H38F2N6O4.2ClH/c1-36-13-15-37(16-14-36)19-28(39)34-23-7-9-24(10-8-23)35-29(40)25-3-2-12-38(25)33-18-22-6-11-26(42-30(31)32)27(17-22)41-20-21-4-5-21;;/h6-11,17-18,21,25,30H,2-5,12-16,19-20H2,1H3,(H,34,39)(H,35,40);2*1H/b33-18+;;. The maximum atomic E-state index is 13.1. The lowest BCUT2D eigenvalue weighted by Gasteiger charge is -2.26. The van der Waals surface area contributed by atoms with Gasteiger partial charge in [0.15, 0.2) is 18.0 Å². The zero-order chi connectivity index (χ0) is 29.5. The Hall–Kier alpha value is -3.19. The first-order valence-corrected chi connectivity index (χ1v) is 14.7. The molecule has 1 saturated carbocycles. The predicted octanol–water partition coefficient (Wildman–Crippen LogP) is -5.13. The lowest BCUT2D eigenvalue weighted by Crippen LogP contribution is -3.27. The van der Waals surface area contributed by atoms with Crippen molar-refractivity contribution in [2.75, 3.05) is 63.6 Å². The highest BCUT2D eigenvalue weighted by atomic mass is 35.5. The van der Waals surface area contributed by atoms with E-state index in [1.807, 2.05) is 0 Å². The lowest BCUT2D eigenvalue weighted by molar-refractivity contribution is -0.999. The number of amides is 2. The van der Waals surface area contributed by atoms with Crippen molar-refractivity contribution >= 4 is 29.4 Å². The van der Waals surface area contributed by atoms with E-state index >= 15 is 0 Å². The number of halogens is 4. The molecule has 4 N–H and O–H groups in total. The molecule has 0 aromatic heterocycles. The highest BCUT2D eigenvalue weighted by Gasteiger charge is 2.30. The number of quaternary nitrogens is 2. The molecule has 3 aliphatic rings. The Morgan fingerprint density at radius 3 is 2.34 bits per heavy atom. The Labute approximate surface area is 268 Å². The topological polar surface area (TPSA) is 101 Å². The molecule has 1 atom stereocenters. The number of ether oxygens (including phenoxy) is 2. The van der Waals surface area contributed by atoms with Crippen LogP contribution < -0.4 is 54.7 Å². The minimum Gasteiger partial charge on any atom is -1.00 e. The molecule has 1 unspecified atom stereocenters. The highest BCUT2D eigenvalue weighted by molar-refractivity contribution is 5.96. The number of nitrogens with zero attached hydrogens (tertiary/aromatic N) is 2. The molecular weight excluding hydrogens is 617 g/mol. The second-order valence-corrected chi connectivity index (χ2v) is 11.4. The minimum atomic E-state index is -2.94. The molecule has 3 fully saturated rings. The quantitative estimate of drug-likeness (QED) is 0.171. The van der Waals surface area contributed by atoms with Crippen LogP contribution in [0, 0.1) is 5.92 Å². The van der Waals surface area contributed by atoms with E-state index in [1.165, 1.54) is 15.9 Å². The average molecular weight is 658 g/mol. The number of benzene rings is 2. The first-order valence-electron chi connectivity index (χ1n) is 14.7. The van der Waals surface area contributed by atoms with Crippen LogP contribution in [0.1, 0.15) is 31.2 Å². The van der Waals surface area contributed by atoms with E-state index < -0.39 is 12.7 Å². The molecule has 2 aromatic rings. The summed E-state index contributed by atoms with van der Waals surface area (Å²) in [5.41, 5.74) is 1.98. The van der Waals surface area contributed by atoms with Crippen LogP contribution in [0.3, 0.4) is 0 Å². The minimum absolute atomic E-state index is 0. The SMILES string of the molecule is C[NH+]1CC[NH+](CC(=O)Nc2ccc(NC(=O)C3CCCN3/N=C/c3ccc(OC(F)F)c(OCC4CC4)c3)cc2)CC1.[Cl-].[Cl-]. The van der Waals surface area contributed by atoms with E-state index in [4.69, 9.17) is 4.74 Å². The number of likely N-dealkylation sites (N-methyl/N-ethyl adjacent to an activating group) is 1. The molecule has 0 radical (unpaired) electrons. The van der Waals surface area contributed by atoms with Gasteiger partial charge < -0.3 is 54.7 Å². The third kappa shape index (κ3) is 10.5. The first-order chi connectivity index (χ1) is 20.3. The number of hydrogen-bond donors (Lipinski definition) is 4. The van der Waals surface area contributed by atoms with Gasteiger partial charge >= 0.3 is 6.61 Å². The monoisotopic (exact) mass is 656 g/mol. The summed E-state index contributed by atoms with van der Waals surface area (Å²) in [5, 5.41) is 12.2. The number of rotatable bonds is 12. The third-order valence-corrected chi connectivity index (χ3v) is 7.90. The van der Waals surface area contributed by atoms with Crippen LogP contribution in [-0.2, 0) is 9.59 Å². The van der Waals surface area contributed by atoms with Crippen molar-refractivity contribution in [2.24, 2.45) is 11.0 Å². The van der Waals surface area contributed by atoms with E-state index in [9.17, 15) is 18.4 Å². The average Bonchev–Trinajstić information content (AvgIpc) is 3.68. The Bertz CT molecular complexity index is 1260. The van der Waals surface area contributed by atoms with E-state index in [0.29, 0.717) is 49.0 Å². The summed E-state index contributed by atoms with van der Waals surface area (Å²) in [6.07, 6.45) is 5.22. The largest absolute Gasteiger partial charge is 1.00 e. The van der Waals surface area contributed by atoms with Crippen LogP contribution in [-0.4, -0.2) is 88.6 Å². The van der Waals surface area contributed by atoms with Gasteiger partial charge in [0.1, 0.15) is 32.2 Å². The molecular formula is C30H40Cl2F2N6O4. The van der Waals surface area contributed by atoms with Crippen molar-refractivity contribution < 1.29 is 62.5 Å². The predicted molar refractivity (Wildman–Crippen MR) is 155 cm³/mol. The van der Waals surface area contributed by atoms with Crippen LogP contribution in [0.5, 0.6) is 11.5 Å². The van der Waals surface area contributed by atoms with Gasteiger partial charge in [-0.3, -0.25) is 14.6 Å². The Kier molecular flexibility index (Phi) is 13.4. The van der Waals surface area contributed by atoms with Gasteiger partial charge in [-0.15, -0.1) is 0 Å². The second kappa shape index (κ2) is 16.8. The van der Waals surface area contributed by atoms with Crippen LogP contribution in [0.25, 0.3) is 0 Å². The normalized spacial score (nSPS) is 21.4. The fourth-order valence-corrected chi connectivity index (χ4v) is 5.20. The molecule has 2 heterocycles. The smallest absolute Gasteiger partial charge is 0.387 e. The zero-order valence-corrected chi connectivity index (χ0v) is 26.2. The number of hydrazone groups is 1. The number of piperazine rings is 1. The third-order valence-electron chi connectivity index (χ3n) is 7.90. The Morgan fingerprint density at radius 1 is 1.00 bits per heavy atom. The lowest BCUT2D eigenvalue weighted by atomic mass is 10.2. The zero-order valence-electron chi connectivity index (χ0n) is 24.7. The van der Waals surface area contributed by atoms with E-state index in [1.54, 1.807) is 47.6 Å². The van der Waals surface area contributed by atoms with E-state index in [2.05, 4.69) is 27.5 Å². The highest BCUT2D eigenvalue weighted by Crippen LogP contribution is 2.34. The molecule has 0 spiro atoms. The summed E-state index contributed by atoms with van der Waals surface area (Å²) >= 11 is 0.